The van der Waals surface area contributed by atoms with Gasteiger partial charge in [0.1, 0.15) is 11.8 Å². The minimum Gasteiger partial charge on any atom is -0.497 e. The lowest BCUT2D eigenvalue weighted by Gasteiger charge is -2.36. The third-order valence-corrected chi connectivity index (χ3v) is 6.39. The third kappa shape index (κ3) is 7.44. The summed E-state index contributed by atoms with van der Waals surface area (Å²) in [6, 6.07) is 12.8. The topological polar surface area (TPSA) is 97.0 Å². The Labute approximate surface area is 210 Å². The Bertz CT molecular complexity index is 989. The van der Waals surface area contributed by atoms with Gasteiger partial charge in [-0.1, -0.05) is 11.6 Å². The van der Waals surface area contributed by atoms with E-state index in [1.165, 1.54) is 0 Å². The molecule has 1 atom stereocenters. The second-order valence-electron chi connectivity index (χ2n) is 8.45. The van der Waals surface area contributed by atoms with Gasteiger partial charge < -0.3 is 25.0 Å². The van der Waals surface area contributed by atoms with Crippen LogP contribution < -0.4 is 15.4 Å². The summed E-state index contributed by atoms with van der Waals surface area (Å²) < 4.78 is 10.2. The summed E-state index contributed by atoms with van der Waals surface area (Å²) in [6.45, 7) is 1.99. The number of hydrogen-bond donors (Lipinski definition) is 2. The maximum Gasteiger partial charge on any atom is 0.253 e. The molecule has 35 heavy (non-hydrogen) atoms. The standard InChI is InChI=1S/C26H32ClN3O5/c1-34-17-3-14-28-25(32)23(29-24(31)19-6-10-22(35-2)11-7-19)18-12-15-30(16-13-18)26(33)20-4-8-21(27)9-5-20/h4-11,18,23H,3,12-17H2,1-2H3,(H,28,32)(H,29,31)/t23-/m1/s1. The fourth-order valence-corrected chi connectivity index (χ4v) is 4.24. The lowest BCUT2D eigenvalue weighted by Crippen LogP contribution is -2.54. The highest BCUT2D eigenvalue weighted by Gasteiger charge is 2.34. The SMILES string of the molecule is COCCCNC(=O)[C@H](NC(=O)c1ccc(OC)cc1)C1CCN(C(=O)c2ccc(Cl)cc2)CC1. The number of amides is 3. The maximum atomic E-state index is 13.1. The lowest BCUT2D eigenvalue weighted by molar-refractivity contribution is -0.124. The molecule has 1 heterocycles. The van der Waals surface area contributed by atoms with Gasteiger partial charge in [0.15, 0.2) is 0 Å². The molecule has 0 unspecified atom stereocenters. The van der Waals surface area contributed by atoms with Gasteiger partial charge in [-0.05, 0) is 73.7 Å². The summed E-state index contributed by atoms with van der Waals surface area (Å²) in [6.07, 6.45) is 1.87. The Kier molecular flexibility index (Phi) is 9.93. The Morgan fingerprint density at radius 3 is 2.23 bits per heavy atom. The molecule has 3 amide bonds. The molecule has 9 heteroatoms. The predicted molar refractivity (Wildman–Crippen MR) is 134 cm³/mol. The van der Waals surface area contributed by atoms with E-state index < -0.39 is 6.04 Å². The molecule has 2 aromatic rings. The molecule has 1 fully saturated rings. The highest BCUT2D eigenvalue weighted by Crippen LogP contribution is 2.24. The number of carbonyl (C=O) groups is 3. The maximum absolute atomic E-state index is 13.1. The van der Waals surface area contributed by atoms with Crippen molar-refractivity contribution in [3.63, 3.8) is 0 Å². The van der Waals surface area contributed by atoms with Crippen LogP contribution in [0.1, 0.15) is 40.0 Å². The van der Waals surface area contributed by atoms with E-state index in [0.717, 1.165) is 0 Å². The monoisotopic (exact) mass is 501 g/mol. The highest BCUT2D eigenvalue weighted by molar-refractivity contribution is 6.30. The molecule has 0 aliphatic carbocycles. The number of benzene rings is 2. The average Bonchev–Trinajstić information content (AvgIpc) is 2.89. The van der Waals surface area contributed by atoms with E-state index in [2.05, 4.69) is 10.6 Å². The smallest absolute Gasteiger partial charge is 0.253 e. The van der Waals surface area contributed by atoms with Crippen LogP contribution in [0.4, 0.5) is 0 Å². The average molecular weight is 502 g/mol. The van der Waals surface area contributed by atoms with Crippen LogP contribution >= 0.6 is 11.6 Å². The van der Waals surface area contributed by atoms with Gasteiger partial charge in [0.2, 0.25) is 5.91 Å². The zero-order valence-corrected chi connectivity index (χ0v) is 20.8. The van der Waals surface area contributed by atoms with E-state index in [1.807, 2.05) is 0 Å². The van der Waals surface area contributed by atoms with Crippen LogP contribution in [0, 0.1) is 5.92 Å². The van der Waals surface area contributed by atoms with Crippen molar-refractivity contribution in [3.05, 3.63) is 64.7 Å². The molecule has 1 saturated heterocycles. The van der Waals surface area contributed by atoms with Crippen LogP contribution in [0.15, 0.2) is 48.5 Å². The zero-order chi connectivity index (χ0) is 25.2. The zero-order valence-electron chi connectivity index (χ0n) is 20.1. The number of methoxy groups -OCH3 is 2. The summed E-state index contributed by atoms with van der Waals surface area (Å²) in [5, 5.41) is 6.41. The van der Waals surface area contributed by atoms with Gasteiger partial charge in [0.05, 0.1) is 7.11 Å². The summed E-state index contributed by atoms with van der Waals surface area (Å²) in [5.74, 6) is -0.0848. The fourth-order valence-electron chi connectivity index (χ4n) is 4.11. The van der Waals surface area contributed by atoms with Crippen molar-refractivity contribution in [1.29, 1.82) is 0 Å². The predicted octanol–water partition coefficient (Wildman–Crippen LogP) is 3.15. The van der Waals surface area contributed by atoms with Crippen LogP contribution in [0.3, 0.4) is 0 Å². The van der Waals surface area contributed by atoms with Crippen LogP contribution in [-0.4, -0.2) is 69.1 Å². The summed E-state index contributed by atoms with van der Waals surface area (Å²) in [7, 11) is 3.17. The van der Waals surface area contributed by atoms with E-state index in [9.17, 15) is 14.4 Å². The first-order valence-corrected chi connectivity index (χ1v) is 12.1. The Balaban J connectivity index is 1.66. The van der Waals surface area contributed by atoms with Crippen LogP contribution in [0.2, 0.25) is 5.02 Å². The van der Waals surface area contributed by atoms with Gasteiger partial charge in [0.25, 0.3) is 11.8 Å². The van der Waals surface area contributed by atoms with E-state index >= 15 is 0 Å². The second kappa shape index (κ2) is 13.1. The summed E-state index contributed by atoms with van der Waals surface area (Å²) >= 11 is 5.93. The molecule has 2 N–H and O–H groups in total. The molecule has 8 nitrogen and oxygen atoms in total. The largest absolute Gasteiger partial charge is 0.497 e. The van der Waals surface area contributed by atoms with Crippen molar-refractivity contribution < 1.29 is 23.9 Å². The normalized spacial score (nSPS) is 14.8. The molecule has 2 aromatic carbocycles. The number of carbonyl (C=O) groups excluding carboxylic acids is 3. The van der Waals surface area contributed by atoms with Gasteiger partial charge in [0, 0.05) is 49.5 Å². The van der Waals surface area contributed by atoms with Gasteiger partial charge in [-0.2, -0.15) is 0 Å². The molecule has 3 rings (SSSR count). The molecule has 0 bridgehead atoms. The van der Waals surface area contributed by atoms with E-state index in [1.54, 1.807) is 67.7 Å². The van der Waals surface area contributed by atoms with Crippen molar-refractivity contribution >= 4 is 29.3 Å². The molecule has 0 aromatic heterocycles. The van der Waals surface area contributed by atoms with E-state index in [-0.39, 0.29) is 23.6 Å². The molecule has 0 spiro atoms. The summed E-state index contributed by atoms with van der Waals surface area (Å²) in [4.78, 5) is 40.6. The molecule has 188 valence electrons. The number of ether oxygens (including phenoxy) is 2. The summed E-state index contributed by atoms with van der Waals surface area (Å²) in [5.41, 5.74) is 1.02. The number of halogens is 1. The molecule has 1 aliphatic rings. The Morgan fingerprint density at radius 1 is 1.00 bits per heavy atom. The Hall–Kier alpha value is -3.10. The van der Waals surface area contributed by atoms with Crippen LogP contribution in [0.25, 0.3) is 0 Å². The number of nitrogens with zero attached hydrogens (tertiary/aromatic N) is 1. The number of nitrogens with one attached hydrogen (secondary N) is 2. The molecule has 0 radical (unpaired) electrons. The van der Waals surface area contributed by atoms with Crippen molar-refractivity contribution in [2.24, 2.45) is 5.92 Å². The fraction of sp³-hybridized carbons (Fsp3) is 0.423. The third-order valence-electron chi connectivity index (χ3n) is 6.14. The first-order valence-electron chi connectivity index (χ1n) is 11.7. The van der Waals surface area contributed by atoms with Gasteiger partial charge in [-0.25, -0.2) is 0 Å². The lowest BCUT2D eigenvalue weighted by atomic mass is 9.88. The molecular formula is C26H32ClN3O5. The van der Waals surface area contributed by atoms with Gasteiger partial charge >= 0.3 is 0 Å². The Morgan fingerprint density at radius 2 is 1.63 bits per heavy atom. The molecule has 1 aliphatic heterocycles. The van der Waals surface area contributed by atoms with E-state index in [4.69, 9.17) is 21.1 Å². The number of rotatable bonds is 10. The van der Waals surface area contributed by atoms with Gasteiger partial charge in [-0.3, -0.25) is 14.4 Å². The van der Waals surface area contributed by atoms with Gasteiger partial charge in [-0.15, -0.1) is 0 Å². The highest BCUT2D eigenvalue weighted by atomic mass is 35.5. The minimum absolute atomic E-state index is 0.0667. The van der Waals surface area contributed by atoms with Crippen molar-refractivity contribution in [3.8, 4) is 5.75 Å². The molecular weight excluding hydrogens is 470 g/mol. The van der Waals surface area contributed by atoms with Crippen molar-refractivity contribution in [2.75, 3.05) is 40.5 Å². The second-order valence-corrected chi connectivity index (χ2v) is 8.89. The van der Waals surface area contributed by atoms with Crippen LogP contribution in [-0.2, 0) is 9.53 Å². The van der Waals surface area contributed by atoms with Crippen LogP contribution in [0.5, 0.6) is 5.75 Å². The van der Waals surface area contributed by atoms with E-state index in [0.29, 0.717) is 67.4 Å². The van der Waals surface area contributed by atoms with Crippen molar-refractivity contribution in [1.82, 2.24) is 15.5 Å². The quantitative estimate of drug-likeness (QED) is 0.487. The first kappa shape index (κ1) is 26.5. The minimum atomic E-state index is -0.708. The molecule has 0 saturated carbocycles. The number of likely N-dealkylation sites (tertiary alicyclic amines) is 1. The number of piperidine rings is 1. The number of hydrogen-bond acceptors (Lipinski definition) is 5. The first-order chi connectivity index (χ1) is 16.9. The van der Waals surface area contributed by atoms with Crippen molar-refractivity contribution in [2.45, 2.75) is 25.3 Å².